The molecule has 2 amide bonds. The van der Waals surface area contributed by atoms with E-state index in [2.05, 4.69) is 0 Å². The van der Waals surface area contributed by atoms with Crippen molar-refractivity contribution in [3.8, 4) is 0 Å². The predicted octanol–water partition coefficient (Wildman–Crippen LogP) is 1.88. The number of rotatable bonds is 2. The second-order valence-electron chi connectivity index (χ2n) is 3.92. The third-order valence-corrected chi connectivity index (χ3v) is 2.76. The number of amides is 2. The van der Waals surface area contributed by atoms with Crippen LogP contribution in [0, 0.1) is 13.8 Å². The number of nitrogens with zero attached hydrogens (tertiary/aromatic N) is 1. The van der Waals surface area contributed by atoms with E-state index in [0.717, 1.165) is 17.1 Å². The predicted molar refractivity (Wildman–Crippen MR) is 57.6 cm³/mol. The van der Waals surface area contributed by atoms with Gasteiger partial charge in [0.25, 0.3) is 11.8 Å². The lowest BCUT2D eigenvalue weighted by Crippen LogP contribution is -2.32. The molecule has 1 unspecified atom stereocenters. The van der Waals surface area contributed by atoms with Gasteiger partial charge in [-0.15, -0.1) is 0 Å². The van der Waals surface area contributed by atoms with E-state index in [1.807, 2.05) is 26.8 Å². The van der Waals surface area contributed by atoms with Crippen LogP contribution in [-0.4, -0.2) is 16.7 Å². The van der Waals surface area contributed by atoms with Gasteiger partial charge < -0.3 is 4.42 Å². The summed E-state index contributed by atoms with van der Waals surface area (Å²) in [5, 5.41) is 0. The topological polar surface area (TPSA) is 50.5 Å². The van der Waals surface area contributed by atoms with Crippen LogP contribution in [0.4, 0.5) is 0 Å². The van der Waals surface area contributed by atoms with Crippen molar-refractivity contribution in [2.24, 2.45) is 0 Å². The maximum atomic E-state index is 11.5. The molecule has 0 radical (unpaired) electrons. The van der Waals surface area contributed by atoms with Crippen molar-refractivity contribution in [2.75, 3.05) is 0 Å². The quantitative estimate of drug-likeness (QED) is 0.713. The summed E-state index contributed by atoms with van der Waals surface area (Å²) >= 11 is 0. The molecule has 0 saturated heterocycles. The van der Waals surface area contributed by atoms with Gasteiger partial charge in [-0.25, -0.2) is 0 Å². The molecular weight excluding hydrogens is 206 g/mol. The zero-order valence-corrected chi connectivity index (χ0v) is 9.48. The first-order chi connectivity index (χ1) is 7.50. The zero-order valence-electron chi connectivity index (χ0n) is 9.48. The van der Waals surface area contributed by atoms with Crippen molar-refractivity contribution in [2.45, 2.75) is 26.8 Å². The maximum absolute atomic E-state index is 11.5. The van der Waals surface area contributed by atoms with Gasteiger partial charge in [0.05, 0.1) is 6.04 Å². The van der Waals surface area contributed by atoms with Crippen LogP contribution in [0.3, 0.4) is 0 Å². The number of aryl methyl sites for hydroxylation is 2. The molecule has 0 aliphatic carbocycles. The monoisotopic (exact) mass is 219 g/mol. The van der Waals surface area contributed by atoms with Crippen LogP contribution >= 0.6 is 0 Å². The SMILES string of the molecule is Cc1cc(C(C)N2C(=O)C=CC2=O)c(C)o1. The normalized spacial score (nSPS) is 17.3. The number of furan rings is 1. The first-order valence-electron chi connectivity index (χ1n) is 5.13. The number of imide groups is 1. The van der Waals surface area contributed by atoms with E-state index in [1.54, 1.807) is 0 Å². The second kappa shape index (κ2) is 3.63. The van der Waals surface area contributed by atoms with E-state index >= 15 is 0 Å². The largest absolute Gasteiger partial charge is 0.466 e. The smallest absolute Gasteiger partial charge is 0.254 e. The van der Waals surface area contributed by atoms with Gasteiger partial charge in [0.1, 0.15) is 11.5 Å². The first-order valence-corrected chi connectivity index (χ1v) is 5.13. The fraction of sp³-hybridized carbons (Fsp3) is 0.333. The summed E-state index contributed by atoms with van der Waals surface area (Å²) in [6, 6.07) is 1.58. The van der Waals surface area contributed by atoms with Gasteiger partial charge in [0.15, 0.2) is 0 Å². The Morgan fingerprint density at radius 3 is 2.19 bits per heavy atom. The minimum Gasteiger partial charge on any atom is -0.466 e. The molecular formula is C12H13NO3. The van der Waals surface area contributed by atoms with Crippen LogP contribution < -0.4 is 0 Å². The molecule has 84 valence electrons. The fourth-order valence-electron chi connectivity index (χ4n) is 2.00. The van der Waals surface area contributed by atoms with E-state index in [0.29, 0.717) is 0 Å². The molecule has 16 heavy (non-hydrogen) atoms. The van der Waals surface area contributed by atoms with Crippen LogP contribution in [-0.2, 0) is 9.59 Å². The van der Waals surface area contributed by atoms with Crippen molar-refractivity contribution < 1.29 is 14.0 Å². The van der Waals surface area contributed by atoms with E-state index in [4.69, 9.17) is 4.42 Å². The van der Waals surface area contributed by atoms with Crippen molar-refractivity contribution in [3.05, 3.63) is 35.3 Å². The number of carbonyl (C=O) groups excluding carboxylic acids is 2. The van der Waals surface area contributed by atoms with E-state index in [1.165, 1.54) is 17.1 Å². The van der Waals surface area contributed by atoms with Crippen molar-refractivity contribution >= 4 is 11.8 Å². The van der Waals surface area contributed by atoms with E-state index in [9.17, 15) is 9.59 Å². The highest BCUT2D eigenvalue weighted by Gasteiger charge is 2.30. The molecule has 0 aromatic carbocycles. The number of hydrogen-bond donors (Lipinski definition) is 0. The van der Waals surface area contributed by atoms with Crippen LogP contribution in [0.2, 0.25) is 0 Å². The summed E-state index contributed by atoms with van der Waals surface area (Å²) in [5.74, 6) is 0.996. The molecule has 0 saturated carbocycles. The zero-order chi connectivity index (χ0) is 11.9. The number of carbonyl (C=O) groups is 2. The summed E-state index contributed by atoms with van der Waals surface area (Å²) in [4.78, 5) is 24.2. The Hall–Kier alpha value is -1.84. The van der Waals surface area contributed by atoms with Crippen molar-refractivity contribution in [3.63, 3.8) is 0 Å². The van der Waals surface area contributed by atoms with Gasteiger partial charge in [0.2, 0.25) is 0 Å². The van der Waals surface area contributed by atoms with Gasteiger partial charge in [-0.1, -0.05) is 0 Å². The van der Waals surface area contributed by atoms with Crippen molar-refractivity contribution in [1.82, 2.24) is 4.90 Å². The Labute approximate surface area is 93.5 Å². The average molecular weight is 219 g/mol. The lowest BCUT2D eigenvalue weighted by atomic mass is 10.1. The highest BCUT2D eigenvalue weighted by atomic mass is 16.3. The molecule has 2 heterocycles. The molecule has 0 bridgehead atoms. The molecule has 1 aliphatic heterocycles. The molecule has 1 aromatic rings. The molecule has 0 spiro atoms. The van der Waals surface area contributed by atoms with Gasteiger partial charge in [-0.3, -0.25) is 14.5 Å². The number of hydrogen-bond acceptors (Lipinski definition) is 3. The Bertz CT molecular complexity index is 466. The van der Waals surface area contributed by atoms with Crippen LogP contribution in [0.1, 0.15) is 30.0 Å². The molecule has 0 fully saturated rings. The first kappa shape index (κ1) is 10.7. The molecule has 0 N–H and O–H groups in total. The van der Waals surface area contributed by atoms with E-state index < -0.39 is 0 Å². The Morgan fingerprint density at radius 2 is 1.75 bits per heavy atom. The van der Waals surface area contributed by atoms with Gasteiger partial charge >= 0.3 is 0 Å². The molecule has 2 rings (SSSR count). The minimum absolute atomic E-state index is 0.268. The van der Waals surface area contributed by atoms with Crippen LogP contribution in [0.25, 0.3) is 0 Å². The summed E-state index contributed by atoms with van der Waals surface area (Å²) < 4.78 is 5.40. The molecule has 4 heteroatoms. The summed E-state index contributed by atoms with van der Waals surface area (Å²) in [5.41, 5.74) is 0.878. The maximum Gasteiger partial charge on any atom is 0.254 e. The van der Waals surface area contributed by atoms with E-state index in [-0.39, 0.29) is 17.9 Å². The third-order valence-electron chi connectivity index (χ3n) is 2.76. The van der Waals surface area contributed by atoms with Gasteiger partial charge in [0, 0.05) is 17.7 Å². The fourth-order valence-corrected chi connectivity index (χ4v) is 2.00. The van der Waals surface area contributed by atoms with Crippen LogP contribution in [0.15, 0.2) is 22.6 Å². The highest BCUT2D eigenvalue weighted by molar-refractivity contribution is 6.13. The summed E-state index contributed by atoms with van der Waals surface area (Å²) in [6.07, 6.45) is 2.59. The van der Waals surface area contributed by atoms with Crippen molar-refractivity contribution in [1.29, 1.82) is 0 Å². The lowest BCUT2D eigenvalue weighted by molar-refractivity contribution is -0.139. The molecule has 1 atom stereocenters. The molecule has 1 aliphatic rings. The third kappa shape index (κ3) is 1.56. The standard InChI is InChI=1S/C12H13NO3/c1-7-6-10(9(3)16-7)8(2)13-11(14)4-5-12(13)15/h4-6,8H,1-3H3. The lowest BCUT2D eigenvalue weighted by Gasteiger charge is -2.21. The van der Waals surface area contributed by atoms with Gasteiger partial charge in [-0.2, -0.15) is 0 Å². The van der Waals surface area contributed by atoms with Gasteiger partial charge in [-0.05, 0) is 26.8 Å². The molecule has 4 nitrogen and oxygen atoms in total. The summed E-state index contributed by atoms with van der Waals surface area (Å²) in [7, 11) is 0. The molecule has 1 aromatic heterocycles. The Morgan fingerprint density at radius 1 is 1.19 bits per heavy atom. The summed E-state index contributed by atoms with van der Waals surface area (Å²) in [6.45, 7) is 5.49. The minimum atomic E-state index is -0.285. The Kier molecular flexibility index (Phi) is 2.42. The Balaban J connectivity index is 2.32. The van der Waals surface area contributed by atoms with Crippen LogP contribution in [0.5, 0.6) is 0 Å². The average Bonchev–Trinajstić information content (AvgIpc) is 2.70. The highest BCUT2D eigenvalue weighted by Crippen LogP contribution is 2.28. The second-order valence-corrected chi connectivity index (χ2v) is 3.92.